The molecule has 1 N–H and O–H groups in total. The fourth-order valence-electron chi connectivity index (χ4n) is 2.67. The maximum atomic E-state index is 12.5. The maximum Gasteiger partial charge on any atom is 0.231 e. The molecule has 1 saturated heterocycles. The molecule has 9 heteroatoms. The summed E-state index contributed by atoms with van der Waals surface area (Å²) in [6.07, 6.45) is 0.189. The summed E-state index contributed by atoms with van der Waals surface area (Å²) < 4.78 is 6.24. The Labute approximate surface area is 160 Å². The minimum atomic E-state index is -0.403. The first-order valence-corrected chi connectivity index (χ1v) is 10.2. The van der Waals surface area contributed by atoms with Crippen molar-refractivity contribution in [3.63, 3.8) is 0 Å². The van der Waals surface area contributed by atoms with Crippen molar-refractivity contribution < 1.29 is 14.3 Å². The fraction of sp³-hybridized carbons (Fsp3) is 0.412. The summed E-state index contributed by atoms with van der Waals surface area (Å²) in [6, 6.07) is 7.33. The highest BCUT2D eigenvalue weighted by molar-refractivity contribution is 8.01. The molecule has 2 amide bonds. The van der Waals surface area contributed by atoms with Crippen LogP contribution in [0, 0.1) is 5.92 Å². The molecule has 1 atom stereocenters. The average Bonchev–Trinajstić information content (AvgIpc) is 3.23. The second-order valence-corrected chi connectivity index (χ2v) is 8.12. The van der Waals surface area contributed by atoms with E-state index in [2.05, 4.69) is 15.5 Å². The van der Waals surface area contributed by atoms with Gasteiger partial charge in [0.15, 0.2) is 4.34 Å². The van der Waals surface area contributed by atoms with Crippen molar-refractivity contribution in [3.05, 3.63) is 24.3 Å². The van der Waals surface area contributed by atoms with Crippen LogP contribution >= 0.6 is 23.1 Å². The Morgan fingerprint density at radius 2 is 2.12 bits per heavy atom. The molecular weight excluding hydrogens is 372 g/mol. The number of thioether (sulfide) groups is 1. The largest absolute Gasteiger partial charge is 0.494 e. The van der Waals surface area contributed by atoms with Gasteiger partial charge in [0, 0.05) is 18.7 Å². The lowest BCUT2D eigenvalue weighted by molar-refractivity contribution is -0.122. The Bertz CT molecular complexity index is 779. The normalized spacial score (nSPS) is 16.8. The number of hydrogen-bond donors (Lipinski definition) is 1. The van der Waals surface area contributed by atoms with E-state index in [1.54, 1.807) is 16.7 Å². The Morgan fingerprint density at radius 3 is 2.81 bits per heavy atom. The molecule has 0 aliphatic carbocycles. The second kappa shape index (κ2) is 8.50. The fourth-order valence-corrected chi connectivity index (χ4v) is 4.32. The lowest BCUT2D eigenvalue weighted by atomic mass is 10.1. The molecule has 1 aromatic carbocycles. The van der Waals surface area contributed by atoms with Gasteiger partial charge in [0.1, 0.15) is 5.75 Å². The van der Waals surface area contributed by atoms with Crippen LogP contribution in [0.25, 0.3) is 0 Å². The third kappa shape index (κ3) is 4.34. The molecule has 138 valence electrons. The standard InChI is InChI=1S/C17H20N4O3S2/c1-3-24-13-7-5-12(6-8-13)21-10-11(9-14(21)22)15(23)18-16-19-20-17(26-16)25-4-2/h5-8,11H,3-4,9-10H2,1-2H3,(H,18,19,23). The number of aromatic nitrogens is 2. The predicted octanol–water partition coefficient (Wildman–Crippen LogP) is 3.04. The number of ether oxygens (including phenoxy) is 1. The zero-order valence-electron chi connectivity index (χ0n) is 14.6. The number of hydrogen-bond acceptors (Lipinski definition) is 7. The Kier molecular flexibility index (Phi) is 6.10. The van der Waals surface area contributed by atoms with Gasteiger partial charge in [-0.1, -0.05) is 30.0 Å². The molecule has 0 spiro atoms. The van der Waals surface area contributed by atoms with Crippen molar-refractivity contribution in [3.8, 4) is 5.75 Å². The van der Waals surface area contributed by atoms with Crippen molar-refractivity contribution in [1.29, 1.82) is 0 Å². The number of nitrogens with one attached hydrogen (secondary N) is 1. The van der Waals surface area contributed by atoms with Crippen molar-refractivity contribution in [1.82, 2.24) is 10.2 Å². The summed E-state index contributed by atoms with van der Waals surface area (Å²) in [4.78, 5) is 26.4. The monoisotopic (exact) mass is 392 g/mol. The number of carbonyl (C=O) groups excluding carboxylic acids is 2. The topological polar surface area (TPSA) is 84.4 Å². The first kappa shape index (κ1) is 18.7. The second-order valence-electron chi connectivity index (χ2n) is 5.63. The van der Waals surface area contributed by atoms with Crippen molar-refractivity contribution in [2.75, 3.05) is 29.1 Å². The molecule has 1 aliphatic heterocycles. The Morgan fingerprint density at radius 1 is 1.35 bits per heavy atom. The molecule has 1 fully saturated rings. The van der Waals surface area contributed by atoms with E-state index in [0.717, 1.165) is 21.5 Å². The van der Waals surface area contributed by atoms with Gasteiger partial charge in [-0.15, -0.1) is 10.2 Å². The van der Waals surface area contributed by atoms with Gasteiger partial charge in [-0.05, 0) is 36.9 Å². The van der Waals surface area contributed by atoms with Crippen LogP contribution in [0.5, 0.6) is 5.75 Å². The highest BCUT2D eigenvalue weighted by Gasteiger charge is 2.35. The molecule has 26 heavy (non-hydrogen) atoms. The van der Waals surface area contributed by atoms with Gasteiger partial charge in [0.25, 0.3) is 0 Å². The molecule has 2 heterocycles. The van der Waals surface area contributed by atoms with Crippen LogP contribution in [0.15, 0.2) is 28.6 Å². The molecular formula is C17H20N4O3S2. The lowest BCUT2D eigenvalue weighted by Gasteiger charge is -2.17. The van der Waals surface area contributed by atoms with E-state index in [4.69, 9.17) is 4.74 Å². The highest BCUT2D eigenvalue weighted by Crippen LogP contribution is 2.29. The van der Waals surface area contributed by atoms with Gasteiger partial charge >= 0.3 is 0 Å². The third-order valence-electron chi connectivity index (χ3n) is 3.86. The molecule has 1 aliphatic rings. The first-order valence-electron chi connectivity index (χ1n) is 8.41. The maximum absolute atomic E-state index is 12.5. The number of amides is 2. The van der Waals surface area contributed by atoms with E-state index >= 15 is 0 Å². The number of carbonyl (C=O) groups is 2. The van der Waals surface area contributed by atoms with E-state index in [0.29, 0.717) is 18.3 Å². The third-order valence-corrected chi connectivity index (χ3v) is 5.71. The van der Waals surface area contributed by atoms with Gasteiger partial charge in [-0.3, -0.25) is 9.59 Å². The summed E-state index contributed by atoms with van der Waals surface area (Å²) in [7, 11) is 0. The molecule has 0 radical (unpaired) electrons. The summed E-state index contributed by atoms with van der Waals surface area (Å²) in [6.45, 7) is 4.90. The predicted molar refractivity (Wildman–Crippen MR) is 103 cm³/mol. The lowest BCUT2D eigenvalue weighted by Crippen LogP contribution is -2.28. The van der Waals surface area contributed by atoms with Crippen LogP contribution in [0.3, 0.4) is 0 Å². The minimum absolute atomic E-state index is 0.0613. The highest BCUT2D eigenvalue weighted by atomic mass is 32.2. The van der Waals surface area contributed by atoms with E-state index in [9.17, 15) is 9.59 Å². The first-order chi connectivity index (χ1) is 12.6. The molecule has 0 saturated carbocycles. The van der Waals surface area contributed by atoms with Crippen LogP contribution < -0.4 is 15.0 Å². The smallest absolute Gasteiger partial charge is 0.231 e. The SMILES string of the molecule is CCOc1ccc(N2CC(C(=O)Nc3nnc(SCC)s3)CC2=O)cc1. The summed E-state index contributed by atoms with van der Waals surface area (Å²) in [5.41, 5.74) is 0.770. The zero-order valence-corrected chi connectivity index (χ0v) is 16.2. The molecule has 1 aromatic heterocycles. The molecule has 1 unspecified atom stereocenters. The van der Waals surface area contributed by atoms with Gasteiger partial charge in [0.2, 0.25) is 16.9 Å². The zero-order chi connectivity index (χ0) is 18.5. The number of benzene rings is 1. The van der Waals surface area contributed by atoms with Crippen LogP contribution in [0.4, 0.5) is 10.8 Å². The van der Waals surface area contributed by atoms with E-state index in [1.807, 2.05) is 38.1 Å². The van der Waals surface area contributed by atoms with Crippen LogP contribution in [-0.4, -0.2) is 40.9 Å². The van der Waals surface area contributed by atoms with E-state index < -0.39 is 5.92 Å². The van der Waals surface area contributed by atoms with Crippen molar-refractivity contribution in [2.24, 2.45) is 5.92 Å². The van der Waals surface area contributed by atoms with Crippen molar-refractivity contribution >= 4 is 45.7 Å². The molecule has 3 rings (SSSR count). The van der Waals surface area contributed by atoms with Gasteiger partial charge in [-0.25, -0.2) is 0 Å². The van der Waals surface area contributed by atoms with Crippen LogP contribution in [0.1, 0.15) is 20.3 Å². The minimum Gasteiger partial charge on any atom is -0.494 e. The summed E-state index contributed by atoms with van der Waals surface area (Å²) >= 11 is 2.92. The number of anilines is 2. The number of rotatable bonds is 7. The summed E-state index contributed by atoms with van der Waals surface area (Å²) in [5.74, 6) is 0.996. The quantitative estimate of drug-likeness (QED) is 0.576. The Hall–Kier alpha value is -2.13. The van der Waals surface area contributed by atoms with Gasteiger partial charge < -0.3 is 15.0 Å². The van der Waals surface area contributed by atoms with Crippen LogP contribution in [-0.2, 0) is 9.59 Å². The molecule has 2 aromatic rings. The van der Waals surface area contributed by atoms with Crippen molar-refractivity contribution in [2.45, 2.75) is 24.6 Å². The van der Waals surface area contributed by atoms with E-state index in [-0.39, 0.29) is 18.2 Å². The van der Waals surface area contributed by atoms with Gasteiger partial charge in [0.05, 0.1) is 12.5 Å². The van der Waals surface area contributed by atoms with Gasteiger partial charge in [-0.2, -0.15) is 0 Å². The Balaban J connectivity index is 1.61. The number of nitrogens with zero attached hydrogens (tertiary/aromatic N) is 3. The summed E-state index contributed by atoms with van der Waals surface area (Å²) in [5, 5.41) is 11.2. The molecule has 0 bridgehead atoms. The molecule has 7 nitrogen and oxygen atoms in total. The van der Waals surface area contributed by atoms with Crippen LogP contribution in [0.2, 0.25) is 0 Å². The average molecular weight is 393 g/mol. The van der Waals surface area contributed by atoms with E-state index in [1.165, 1.54) is 11.3 Å².